The van der Waals surface area contributed by atoms with Crippen molar-refractivity contribution >= 4 is 55.7 Å². The topological polar surface area (TPSA) is 93.5 Å². The quantitative estimate of drug-likeness (QED) is 0.281. The fourth-order valence-corrected chi connectivity index (χ4v) is 6.35. The van der Waals surface area contributed by atoms with Crippen molar-refractivity contribution in [3.8, 4) is 0 Å². The van der Waals surface area contributed by atoms with Crippen molar-refractivity contribution < 1.29 is 14.3 Å². The van der Waals surface area contributed by atoms with E-state index in [-0.39, 0.29) is 17.9 Å². The van der Waals surface area contributed by atoms with E-state index in [2.05, 4.69) is 31.2 Å². The summed E-state index contributed by atoms with van der Waals surface area (Å²) in [5, 5.41) is 5.36. The number of hydrogen-bond donors (Lipinski definition) is 1. The number of aromatic nitrogens is 2. The Labute approximate surface area is 225 Å². The fourth-order valence-electron chi connectivity index (χ4n) is 5.36. The van der Waals surface area contributed by atoms with Crippen LogP contribution in [-0.2, 0) is 20.7 Å². The van der Waals surface area contributed by atoms with Crippen LogP contribution in [0.2, 0.25) is 0 Å². The summed E-state index contributed by atoms with van der Waals surface area (Å²) in [6.07, 6.45) is 10.3. The second-order valence-corrected chi connectivity index (χ2v) is 11.1. The molecule has 1 N–H and O–H groups in total. The van der Waals surface area contributed by atoms with E-state index in [1.807, 2.05) is 50.2 Å². The molecule has 7 nitrogen and oxygen atoms in total. The summed E-state index contributed by atoms with van der Waals surface area (Å²) in [6, 6.07) is 11.1. The highest BCUT2D eigenvalue weighted by Crippen LogP contribution is 2.49. The minimum Gasteiger partial charge on any atom is -0.461 e. The number of hydrogen-bond acceptors (Lipinski definition) is 7. The third-order valence-corrected chi connectivity index (χ3v) is 8.12. The number of aliphatic imine (C=N–C) groups is 1. The monoisotopic (exact) mass is 562 g/mol. The predicted molar refractivity (Wildman–Crippen MR) is 149 cm³/mol. The van der Waals surface area contributed by atoms with Gasteiger partial charge in [0.25, 0.3) is 0 Å². The van der Waals surface area contributed by atoms with Crippen molar-refractivity contribution in [2.75, 3.05) is 5.32 Å². The summed E-state index contributed by atoms with van der Waals surface area (Å²) >= 11 is 3.52. The van der Waals surface area contributed by atoms with Crippen molar-refractivity contribution in [2.45, 2.75) is 69.3 Å². The maximum atomic E-state index is 13.1. The summed E-state index contributed by atoms with van der Waals surface area (Å²) in [6.45, 7) is 3.67. The molecule has 2 atom stereocenters. The smallest absolute Gasteiger partial charge is 0.331 e. The number of rotatable bonds is 7. The van der Waals surface area contributed by atoms with Crippen LogP contribution in [0.3, 0.4) is 0 Å². The van der Waals surface area contributed by atoms with Gasteiger partial charge in [-0.2, -0.15) is 0 Å². The molecule has 2 aliphatic rings. The van der Waals surface area contributed by atoms with Gasteiger partial charge in [0.05, 0.1) is 11.5 Å². The molecule has 192 valence electrons. The molecule has 0 amide bonds. The van der Waals surface area contributed by atoms with Crippen LogP contribution in [0.15, 0.2) is 60.0 Å². The lowest BCUT2D eigenvalue weighted by molar-refractivity contribution is -0.149. The molecule has 2 aromatic heterocycles. The van der Waals surface area contributed by atoms with Gasteiger partial charge in [0.15, 0.2) is 11.8 Å². The van der Waals surface area contributed by atoms with Crippen LogP contribution in [0.5, 0.6) is 0 Å². The van der Waals surface area contributed by atoms with Crippen LogP contribution in [0.25, 0.3) is 10.8 Å². The fraction of sp³-hybridized carbons (Fsp3) is 0.414. The Balaban J connectivity index is 1.37. The number of ether oxygens (including phenoxy) is 1. The first-order valence-electron chi connectivity index (χ1n) is 12.9. The van der Waals surface area contributed by atoms with Crippen molar-refractivity contribution in [3.05, 3.63) is 60.6 Å². The van der Waals surface area contributed by atoms with E-state index in [0.29, 0.717) is 6.42 Å². The highest BCUT2D eigenvalue weighted by atomic mass is 79.9. The molecule has 1 spiro atoms. The molecule has 0 bridgehead atoms. The number of carbonyl (C=O) groups is 2. The summed E-state index contributed by atoms with van der Waals surface area (Å²) < 4.78 is 5.56. The SMILES string of the molecule is CC(C)OC(=O)[C@H](Cc1ccc(Nc2nccc3ccncc23)cc1)N=C1C(Br)C(=O)C12CCCCC2. The first-order chi connectivity index (χ1) is 17.9. The Morgan fingerprint density at radius 1 is 1.14 bits per heavy atom. The average molecular weight is 563 g/mol. The molecule has 2 heterocycles. The molecule has 2 saturated carbocycles. The number of carbonyl (C=O) groups excluding carboxylic acids is 2. The summed E-state index contributed by atoms with van der Waals surface area (Å²) in [4.78, 5) is 39.1. The van der Waals surface area contributed by atoms with E-state index >= 15 is 0 Å². The Morgan fingerprint density at radius 3 is 2.59 bits per heavy atom. The van der Waals surface area contributed by atoms with Gasteiger partial charge in [-0.05, 0) is 61.9 Å². The third kappa shape index (κ3) is 5.17. The second-order valence-electron chi connectivity index (χ2n) is 10.2. The number of benzene rings is 1. The Kier molecular flexibility index (Phi) is 7.38. The molecule has 0 radical (unpaired) electrons. The van der Waals surface area contributed by atoms with E-state index in [0.717, 1.165) is 65.7 Å². The Hall–Kier alpha value is -3.13. The molecule has 2 fully saturated rings. The van der Waals surface area contributed by atoms with Crippen molar-refractivity contribution in [2.24, 2.45) is 10.4 Å². The molecule has 3 aromatic rings. The van der Waals surface area contributed by atoms with Crippen molar-refractivity contribution in [3.63, 3.8) is 0 Å². The van der Waals surface area contributed by atoms with Gasteiger partial charge in [-0.3, -0.25) is 14.8 Å². The van der Waals surface area contributed by atoms with Crippen LogP contribution in [0, 0.1) is 5.41 Å². The van der Waals surface area contributed by atoms with Gasteiger partial charge in [0.1, 0.15) is 10.6 Å². The second kappa shape index (κ2) is 10.7. The lowest BCUT2D eigenvalue weighted by atomic mass is 9.58. The summed E-state index contributed by atoms with van der Waals surface area (Å²) in [5.74, 6) is 0.579. The standard InChI is InChI=1S/C29H31BrN4O3/c1-18(2)37-28(36)23(34-25-24(30)26(35)29(25)12-4-3-5-13-29)16-19-6-8-21(9-7-19)33-27-22-17-31-14-10-20(22)11-15-32-27/h6-11,14-15,17-18,23-24H,3-5,12-13,16H2,1-2H3,(H,32,33)/t23-,24?/m0/s1. The average Bonchev–Trinajstić information content (AvgIpc) is 2.91. The number of Topliss-reactive ketones (excluding diaryl/α,β-unsaturated/α-hetero) is 1. The van der Waals surface area contributed by atoms with Crippen LogP contribution in [-0.4, -0.2) is 44.4 Å². The van der Waals surface area contributed by atoms with E-state index < -0.39 is 16.3 Å². The zero-order valence-corrected chi connectivity index (χ0v) is 22.7. The van der Waals surface area contributed by atoms with Gasteiger partial charge >= 0.3 is 5.97 Å². The number of nitrogens with one attached hydrogen (secondary N) is 1. The zero-order valence-electron chi connectivity index (χ0n) is 21.1. The van der Waals surface area contributed by atoms with Crippen LogP contribution in [0.4, 0.5) is 11.5 Å². The van der Waals surface area contributed by atoms with Gasteiger partial charge in [0, 0.05) is 41.8 Å². The van der Waals surface area contributed by atoms with Gasteiger partial charge in [0.2, 0.25) is 0 Å². The number of ketones is 1. The first-order valence-corrected chi connectivity index (χ1v) is 13.8. The number of alkyl halides is 1. The predicted octanol–water partition coefficient (Wildman–Crippen LogP) is 5.97. The Morgan fingerprint density at radius 2 is 1.86 bits per heavy atom. The molecular formula is C29H31BrN4O3. The molecule has 37 heavy (non-hydrogen) atoms. The number of esters is 1. The molecular weight excluding hydrogens is 532 g/mol. The Bertz CT molecular complexity index is 1330. The maximum Gasteiger partial charge on any atom is 0.331 e. The summed E-state index contributed by atoms with van der Waals surface area (Å²) in [5.41, 5.74) is 2.16. The van der Waals surface area contributed by atoms with Gasteiger partial charge < -0.3 is 10.1 Å². The minimum absolute atomic E-state index is 0.203. The summed E-state index contributed by atoms with van der Waals surface area (Å²) in [7, 11) is 0. The van der Waals surface area contributed by atoms with E-state index in [1.165, 1.54) is 0 Å². The van der Waals surface area contributed by atoms with E-state index in [1.54, 1.807) is 18.6 Å². The van der Waals surface area contributed by atoms with Crippen molar-refractivity contribution in [1.82, 2.24) is 9.97 Å². The molecule has 1 unspecified atom stereocenters. The normalized spacial score (nSPS) is 20.7. The molecule has 0 saturated heterocycles. The lowest BCUT2D eigenvalue weighted by Gasteiger charge is -2.48. The largest absolute Gasteiger partial charge is 0.461 e. The molecule has 5 rings (SSSR count). The van der Waals surface area contributed by atoms with Crippen LogP contribution < -0.4 is 5.32 Å². The number of pyridine rings is 2. The van der Waals surface area contributed by atoms with Crippen molar-refractivity contribution in [1.29, 1.82) is 0 Å². The molecule has 8 heteroatoms. The number of halogens is 1. The number of nitrogens with zero attached hydrogens (tertiary/aromatic N) is 3. The van der Waals surface area contributed by atoms with Crippen LogP contribution >= 0.6 is 15.9 Å². The molecule has 1 aromatic carbocycles. The molecule has 2 aliphatic carbocycles. The van der Waals surface area contributed by atoms with Gasteiger partial charge in [-0.15, -0.1) is 0 Å². The van der Waals surface area contributed by atoms with Crippen LogP contribution in [0.1, 0.15) is 51.5 Å². The maximum absolute atomic E-state index is 13.1. The van der Waals surface area contributed by atoms with E-state index in [4.69, 9.17) is 9.73 Å². The first kappa shape index (κ1) is 25.5. The highest BCUT2D eigenvalue weighted by molar-refractivity contribution is 9.10. The third-order valence-electron chi connectivity index (χ3n) is 7.27. The minimum atomic E-state index is -0.700. The number of anilines is 2. The van der Waals surface area contributed by atoms with E-state index in [9.17, 15) is 9.59 Å². The van der Waals surface area contributed by atoms with Gasteiger partial charge in [-0.25, -0.2) is 9.78 Å². The number of fused-ring (bicyclic) bond motifs is 1. The van der Waals surface area contributed by atoms with Gasteiger partial charge in [-0.1, -0.05) is 47.3 Å². The lowest BCUT2D eigenvalue weighted by Crippen LogP contribution is -2.61. The molecule has 0 aliphatic heterocycles. The highest BCUT2D eigenvalue weighted by Gasteiger charge is 2.58. The zero-order chi connectivity index (χ0) is 26.0.